The molecule has 2 aromatic rings. The van der Waals surface area contributed by atoms with Gasteiger partial charge in [0.1, 0.15) is 18.5 Å². The number of hydrogen-bond donors (Lipinski definition) is 0. The molecular formula is C23H24F3NO5. The van der Waals surface area contributed by atoms with Gasteiger partial charge < -0.3 is 23.8 Å². The smallest absolute Gasteiger partial charge is 0.392 e. The third-order valence-corrected chi connectivity index (χ3v) is 5.85. The van der Waals surface area contributed by atoms with Crippen LogP contribution >= 0.6 is 0 Å². The largest absolute Gasteiger partial charge is 0.493 e. The molecule has 1 amide bonds. The number of rotatable bonds is 6. The third-order valence-electron chi connectivity index (χ3n) is 5.85. The number of alkyl halides is 3. The van der Waals surface area contributed by atoms with E-state index in [1.165, 1.54) is 25.3 Å². The van der Waals surface area contributed by atoms with Gasteiger partial charge in [-0.05, 0) is 23.8 Å². The second kappa shape index (κ2) is 8.99. The maximum absolute atomic E-state index is 13.1. The first-order valence-corrected chi connectivity index (χ1v) is 10.3. The molecule has 0 aromatic heterocycles. The van der Waals surface area contributed by atoms with Crippen molar-refractivity contribution in [3.8, 4) is 11.5 Å². The lowest BCUT2D eigenvalue weighted by atomic mass is 9.82. The molecule has 0 spiro atoms. The first kappa shape index (κ1) is 22.4. The summed E-state index contributed by atoms with van der Waals surface area (Å²) in [5.74, 6) is 0.138. The Hall–Kier alpha value is -2.78. The van der Waals surface area contributed by atoms with E-state index in [9.17, 15) is 18.0 Å². The van der Waals surface area contributed by atoms with Crippen molar-refractivity contribution in [2.45, 2.75) is 30.7 Å². The van der Waals surface area contributed by atoms with Crippen LogP contribution in [0.1, 0.15) is 28.8 Å². The van der Waals surface area contributed by atoms with E-state index in [1.54, 1.807) is 4.90 Å². The lowest BCUT2D eigenvalue weighted by molar-refractivity contribution is -0.139. The topological polar surface area (TPSA) is 57.2 Å². The minimum Gasteiger partial charge on any atom is -0.493 e. The summed E-state index contributed by atoms with van der Waals surface area (Å²) >= 11 is 0. The van der Waals surface area contributed by atoms with Gasteiger partial charge >= 0.3 is 6.18 Å². The fraction of sp³-hybridized carbons (Fsp3) is 0.435. The Morgan fingerprint density at radius 3 is 2.69 bits per heavy atom. The zero-order valence-electron chi connectivity index (χ0n) is 17.6. The van der Waals surface area contributed by atoms with Gasteiger partial charge in [0.25, 0.3) is 5.91 Å². The number of ether oxygens (including phenoxy) is 4. The van der Waals surface area contributed by atoms with Crippen LogP contribution in [0.3, 0.4) is 0 Å². The fourth-order valence-electron chi connectivity index (χ4n) is 4.17. The van der Waals surface area contributed by atoms with E-state index in [1.807, 2.05) is 30.3 Å². The van der Waals surface area contributed by atoms with Crippen molar-refractivity contribution in [2.24, 2.45) is 0 Å². The predicted molar refractivity (Wildman–Crippen MR) is 109 cm³/mol. The molecule has 0 radical (unpaired) electrons. The van der Waals surface area contributed by atoms with Crippen molar-refractivity contribution in [1.82, 2.24) is 4.90 Å². The minimum atomic E-state index is -4.31. The zero-order valence-corrected chi connectivity index (χ0v) is 17.6. The number of nitrogens with zero attached hydrogens (tertiary/aromatic N) is 1. The highest BCUT2D eigenvalue weighted by Crippen LogP contribution is 2.42. The molecule has 2 aromatic carbocycles. The number of fused-ring (bicyclic) bond motifs is 1. The number of likely N-dealkylation sites (tertiary alicyclic amines) is 1. The van der Waals surface area contributed by atoms with Gasteiger partial charge in [0, 0.05) is 18.5 Å². The van der Waals surface area contributed by atoms with Crippen LogP contribution in [0.25, 0.3) is 0 Å². The van der Waals surface area contributed by atoms with E-state index in [0.29, 0.717) is 25.1 Å². The Labute approximate surface area is 183 Å². The molecule has 2 saturated heterocycles. The first-order valence-electron chi connectivity index (χ1n) is 10.3. The number of amides is 1. The molecule has 6 nitrogen and oxygen atoms in total. The second-order valence-corrected chi connectivity index (χ2v) is 7.75. The molecule has 4 rings (SSSR count). The molecule has 2 heterocycles. The highest BCUT2D eigenvalue weighted by molar-refractivity contribution is 5.95. The van der Waals surface area contributed by atoms with E-state index < -0.39 is 24.8 Å². The standard InChI is InChI=1S/C23H24F3NO5/c1-29-19-13-16(7-8-18(19)30-12-10-23(24,25)26)21(28)27-11-9-22(17-5-3-2-4-6-17)20(14-27)31-15-32-22/h2-8,13,20H,9-12,14-15H2,1H3/t20?,22-/m1/s1. The van der Waals surface area contributed by atoms with Gasteiger partial charge in [-0.3, -0.25) is 4.79 Å². The van der Waals surface area contributed by atoms with Crippen LogP contribution in [0.2, 0.25) is 0 Å². The molecule has 172 valence electrons. The molecule has 2 aliphatic heterocycles. The summed E-state index contributed by atoms with van der Waals surface area (Å²) in [4.78, 5) is 14.8. The van der Waals surface area contributed by atoms with E-state index in [4.69, 9.17) is 18.9 Å². The van der Waals surface area contributed by atoms with Crippen molar-refractivity contribution in [3.63, 3.8) is 0 Å². The molecule has 2 aliphatic rings. The lowest BCUT2D eigenvalue weighted by Crippen LogP contribution is -2.53. The zero-order chi connectivity index (χ0) is 22.8. The molecule has 1 unspecified atom stereocenters. The summed E-state index contributed by atoms with van der Waals surface area (Å²) in [7, 11) is 1.37. The maximum atomic E-state index is 13.1. The van der Waals surface area contributed by atoms with E-state index in [-0.39, 0.29) is 30.3 Å². The van der Waals surface area contributed by atoms with Crippen molar-refractivity contribution in [1.29, 1.82) is 0 Å². The molecule has 0 N–H and O–H groups in total. The lowest BCUT2D eigenvalue weighted by Gasteiger charge is -2.42. The van der Waals surface area contributed by atoms with Gasteiger partial charge in [0.15, 0.2) is 11.5 Å². The Morgan fingerprint density at radius 2 is 1.97 bits per heavy atom. The van der Waals surface area contributed by atoms with Gasteiger partial charge in [-0.2, -0.15) is 13.2 Å². The van der Waals surface area contributed by atoms with Crippen LogP contribution in [0, 0.1) is 0 Å². The number of piperidine rings is 1. The molecule has 9 heteroatoms. The van der Waals surface area contributed by atoms with Crippen LogP contribution in [0.5, 0.6) is 11.5 Å². The summed E-state index contributed by atoms with van der Waals surface area (Å²) in [6.07, 6.45) is -5.09. The van der Waals surface area contributed by atoms with Crippen molar-refractivity contribution in [2.75, 3.05) is 33.6 Å². The van der Waals surface area contributed by atoms with Gasteiger partial charge in [-0.15, -0.1) is 0 Å². The Morgan fingerprint density at radius 1 is 1.19 bits per heavy atom. The van der Waals surface area contributed by atoms with E-state index >= 15 is 0 Å². The Balaban J connectivity index is 1.46. The SMILES string of the molecule is COc1cc(C(=O)N2CC[C@]3(c4ccccc4)OCOC3C2)ccc1OCCC(F)(F)F. The predicted octanol–water partition coefficient (Wildman–Crippen LogP) is 4.14. The molecular weight excluding hydrogens is 427 g/mol. The van der Waals surface area contributed by atoms with Crippen LogP contribution in [0.15, 0.2) is 48.5 Å². The molecule has 2 atom stereocenters. The maximum Gasteiger partial charge on any atom is 0.392 e. The summed E-state index contributed by atoms with van der Waals surface area (Å²) < 4.78 is 59.3. The third kappa shape index (κ3) is 4.54. The van der Waals surface area contributed by atoms with Gasteiger partial charge in [-0.1, -0.05) is 30.3 Å². The normalized spacial score (nSPS) is 23.0. The van der Waals surface area contributed by atoms with E-state index in [2.05, 4.69) is 0 Å². The number of carbonyl (C=O) groups excluding carboxylic acids is 1. The van der Waals surface area contributed by atoms with Gasteiger partial charge in [0.2, 0.25) is 0 Å². The average molecular weight is 451 g/mol. The fourth-order valence-corrected chi connectivity index (χ4v) is 4.17. The van der Waals surface area contributed by atoms with Crippen molar-refractivity contribution in [3.05, 3.63) is 59.7 Å². The number of halogens is 3. The number of benzene rings is 2. The summed E-state index contributed by atoms with van der Waals surface area (Å²) in [6.45, 7) is 0.471. The number of hydrogen-bond acceptors (Lipinski definition) is 5. The first-order chi connectivity index (χ1) is 15.3. The summed E-state index contributed by atoms with van der Waals surface area (Å²) in [5, 5.41) is 0. The van der Waals surface area contributed by atoms with Crippen LogP contribution in [-0.2, 0) is 15.1 Å². The average Bonchev–Trinajstić information content (AvgIpc) is 3.23. The van der Waals surface area contributed by atoms with Crippen molar-refractivity contribution >= 4 is 5.91 Å². The monoisotopic (exact) mass is 451 g/mol. The molecule has 2 fully saturated rings. The van der Waals surface area contributed by atoms with Crippen molar-refractivity contribution < 1.29 is 36.9 Å². The highest BCUT2D eigenvalue weighted by Gasteiger charge is 2.51. The summed E-state index contributed by atoms with van der Waals surface area (Å²) in [5.41, 5.74) is 0.805. The number of carbonyl (C=O) groups is 1. The Bertz CT molecular complexity index is 952. The molecule has 32 heavy (non-hydrogen) atoms. The second-order valence-electron chi connectivity index (χ2n) is 7.75. The van der Waals surface area contributed by atoms with E-state index in [0.717, 1.165) is 5.56 Å². The highest BCUT2D eigenvalue weighted by atomic mass is 19.4. The van der Waals surface area contributed by atoms with Crippen LogP contribution < -0.4 is 9.47 Å². The molecule has 0 saturated carbocycles. The van der Waals surface area contributed by atoms with Gasteiger partial charge in [0.05, 0.1) is 26.7 Å². The van der Waals surface area contributed by atoms with Gasteiger partial charge in [-0.25, -0.2) is 0 Å². The van der Waals surface area contributed by atoms with Crippen LogP contribution in [-0.4, -0.2) is 56.7 Å². The summed E-state index contributed by atoms with van der Waals surface area (Å²) in [6, 6.07) is 14.3. The number of methoxy groups -OCH3 is 1. The Kier molecular flexibility index (Phi) is 6.30. The molecule has 0 aliphatic carbocycles. The minimum absolute atomic E-state index is 0.155. The van der Waals surface area contributed by atoms with Crippen LogP contribution in [0.4, 0.5) is 13.2 Å². The quantitative estimate of drug-likeness (QED) is 0.661. The molecule has 0 bridgehead atoms.